The molecule has 6 heteroatoms. The van der Waals surface area contributed by atoms with Crippen molar-refractivity contribution >= 4 is 17.6 Å². The molecular weight excluding hydrogens is 214 g/mol. The topological polar surface area (TPSA) is 125 Å². The standard InChI is InChI=1S/C6H7N.C4H6O5/c7-6-4-2-1-3-5-6;5-2(4(8)9)1-3(6)7/h1-5H,7H2;2,5H,1H2,(H,6,7)(H,8,9). The summed E-state index contributed by atoms with van der Waals surface area (Å²) in [6.45, 7) is 0. The average Bonchev–Trinajstić information content (AvgIpc) is 2.18. The number of carboxylic acid groups (broad SMARTS) is 2. The first-order chi connectivity index (χ1) is 7.43. The van der Waals surface area contributed by atoms with Crippen LogP contribution < -0.4 is 10.8 Å². The zero-order chi connectivity index (χ0) is 12.6. The van der Waals surface area contributed by atoms with Gasteiger partial charge in [-0.1, -0.05) is 18.2 Å². The van der Waals surface area contributed by atoms with E-state index in [0.29, 0.717) is 0 Å². The molecule has 0 heterocycles. The fraction of sp³-hybridized carbons (Fsp3) is 0.200. The van der Waals surface area contributed by atoms with Gasteiger partial charge in [-0.05, 0) is 12.1 Å². The predicted molar refractivity (Wildman–Crippen MR) is 52.3 cm³/mol. The number of carboxylic acids is 2. The van der Waals surface area contributed by atoms with Gasteiger partial charge in [-0.2, -0.15) is 0 Å². The van der Waals surface area contributed by atoms with Crippen molar-refractivity contribution in [2.75, 3.05) is 0 Å². The molecule has 0 fully saturated rings. The van der Waals surface area contributed by atoms with Crippen LogP contribution in [0.1, 0.15) is 6.42 Å². The first-order valence-electron chi connectivity index (χ1n) is 4.41. The third-order valence-corrected chi connectivity index (χ3v) is 1.49. The molecule has 1 aromatic carbocycles. The van der Waals surface area contributed by atoms with E-state index in [2.05, 4.69) is 5.73 Å². The van der Waals surface area contributed by atoms with Crippen molar-refractivity contribution in [2.24, 2.45) is 0 Å². The number of hydrogen-bond donors (Lipinski definition) is 3. The Morgan fingerprint density at radius 1 is 1.31 bits per heavy atom. The quantitative estimate of drug-likeness (QED) is 0.558. The molecule has 0 saturated heterocycles. The second kappa shape index (κ2) is 7.38. The molecule has 88 valence electrons. The number of carbonyl (C=O) groups is 2. The van der Waals surface area contributed by atoms with Crippen molar-refractivity contribution < 1.29 is 30.6 Å². The molecule has 6 nitrogen and oxygen atoms in total. The third kappa shape index (κ3) is 7.48. The van der Waals surface area contributed by atoms with Gasteiger partial charge in [0.25, 0.3) is 0 Å². The Balaban J connectivity index is 0.000000288. The third-order valence-electron chi connectivity index (χ3n) is 1.49. The van der Waals surface area contributed by atoms with Crippen molar-refractivity contribution in [3.8, 4) is 0 Å². The number of aliphatic hydroxyl groups is 1. The van der Waals surface area contributed by atoms with Crippen LogP contribution in [0.15, 0.2) is 30.3 Å². The molecule has 0 bridgehead atoms. The molecule has 1 aromatic rings. The highest BCUT2D eigenvalue weighted by molar-refractivity contribution is 5.78. The summed E-state index contributed by atoms with van der Waals surface area (Å²) in [7, 11) is 0. The second-order valence-electron chi connectivity index (χ2n) is 2.92. The van der Waals surface area contributed by atoms with E-state index in [1.54, 1.807) is 0 Å². The van der Waals surface area contributed by atoms with Crippen molar-refractivity contribution in [2.45, 2.75) is 12.5 Å². The number of rotatable bonds is 3. The van der Waals surface area contributed by atoms with E-state index in [9.17, 15) is 14.7 Å². The van der Waals surface area contributed by atoms with Crippen molar-refractivity contribution in [3.63, 3.8) is 0 Å². The second-order valence-corrected chi connectivity index (χ2v) is 2.92. The minimum absolute atomic E-state index is 0.866. The van der Waals surface area contributed by atoms with Gasteiger partial charge >= 0.3 is 5.97 Å². The Morgan fingerprint density at radius 3 is 2.00 bits per heavy atom. The fourth-order valence-corrected chi connectivity index (χ4v) is 0.723. The maximum absolute atomic E-state index is 9.69. The van der Waals surface area contributed by atoms with Crippen LogP contribution in [0.3, 0.4) is 0 Å². The van der Waals surface area contributed by atoms with Gasteiger partial charge in [0, 0.05) is 12.4 Å². The molecule has 0 aliphatic heterocycles. The molecule has 0 radical (unpaired) electrons. The lowest BCUT2D eigenvalue weighted by molar-refractivity contribution is -0.307. The normalized spacial score (nSPS) is 10.9. The predicted octanol–water partition coefficient (Wildman–Crippen LogP) is -1.87. The lowest BCUT2D eigenvalue weighted by atomic mass is 10.3. The van der Waals surface area contributed by atoms with Crippen LogP contribution >= 0.6 is 0 Å². The molecule has 1 rings (SSSR count). The van der Waals surface area contributed by atoms with Crippen LogP contribution in [0, 0.1) is 0 Å². The molecule has 0 aromatic heterocycles. The number of carbonyl (C=O) groups excluding carboxylic acids is 1. The van der Waals surface area contributed by atoms with Gasteiger partial charge < -0.3 is 25.8 Å². The van der Waals surface area contributed by atoms with E-state index in [4.69, 9.17) is 10.2 Å². The Hall–Kier alpha value is -1.92. The maximum Gasteiger partial charge on any atom is 0.332 e. The number of aliphatic hydroxyl groups excluding tert-OH is 1. The molecule has 5 N–H and O–H groups in total. The molecule has 16 heavy (non-hydrogen) atoms. The zero-order valence-corrected chi connectivity index (χ0v) is 8.50. The van der Waals surface area contributed by atoms with Crippen LogP contribution in [0.4, 0.5) is 5.69 Å². The van der Waals surface area contributed by atoms with E-state index in [-0.39, 0.29) is 0 Å². The maximum atomic E-state index is 9.69. The Morgan fingerprint density at radius 2 is 1.81 bits per heavy atom. The van der Waals surface area contributed by atoms with Crippen LogP contribution in [-0.2, 0) is 9.59 Å². The number of aliphatic carboxylic acids is 2. The van der Waals surface area contributed by atoms with Gasteiger partial charge in [0.1, 0.15) is 5.69 Å². The number of benzene rings is 1. The summed E-state index contributed by atoms with van der Waals surface area (Å²) in [5, 5.41) is 25.7. The summed E-state index contributed by atoms with van der Waals surface area (Å²) in [4.78, 5) is 19.3. The Kier molecular flexibility index (Phi) is 6.50. The largest absolute Gasteiger partial charge is 0.550 e. The van der Waals surface area contributed by atoms with Crippen LogP contribution in [0.25, 0.3) is 0 Å². The highest BCUT2D eigenvalue weighted by Gasteiger charge is 2.11. The Bertz CT molecular complexity index is 338. The van der Waals surface area contributed by atoms with Crippen LogP contribution in [0.2, 0.25) is 0 Å². The zero-order valence-electron chi connectivity index (χ0n) is 8.50. The van der Waals surface area contributed by atoms with Gasteiger partial charge in [0.05, 0.1) is 0 Å². The molecule has 0 aliphatic carbocycles. The van der Waals surface area contributed by atoms with Gasteiger partial charge in [-0.15, -0.1) is 0 Å². The highest BCUT2D eigenvalue weighted by atomic mass is 16.4. The summed E-state index contributed by atoms with van der Waals surface area (Å²) in [5.74, 6) is -3.14. The minimum Gasteiger partial charge on any atom is -0.550 e. The van der Waals surface area contributed by atoms with E-state index >= 15 is 0 Å². The van der Waals surface area contributed by atoms with Crippen molar-refractivity contribution in [1.82, 2.24) is 0 Å². The van der Waals surface area contributed by atoms with Crippen molar-refractivity contribution in [1.29, 1.82) is 0 Å². The van der Waals surface area contributed by atoms with Gasteiger partial charge in [-0.25, -0.2) is 4.79 Å². The van der Waals surface area contributed by atoms with Gasteiger partial charge in [0.15, 0.2) is 6.10 Å². The summed E-state index contributed by atoms with van der Waals surface area (Å²) in [6, 6.07) is 9.87. The van der Waals surface area contributed by atoms with E-state index in [1.165, 1.54) is 0 Å². The first-order valence-corrected chi connectivity index (χ1v) is 4.41. The minimum atomic E-state index is -1.85. The van der Waals surface area contributed by atoms with Gasteiger partial charge in [-0.3, -0.25) is 0 Å². The Labute approximate surface area is 91.9 Å². The van der Waals surface area contributed by atoms with Crippen LogP contribution in [-0.4, -0.2) is 28.3 Å². The number of hydrogen-bond acceptors (Lipinski definition) is 4. The monoisotopic (exact) mass is 227 g/mol. The smallest absolute Gasteiger partial charge is 0.332 e. The fourth-order valence-electron chi connectivity index (χ4n) is 0.723. The SMILES string of the molecule is O=C([O-])CC(O)C(=O)O.[NH3+]c1ccccc1. The average molecular weight is 227 g/mol. The summed E-state index contributed by atoms with van der Waals surface area (Å²) < 4.78 is 0. The molecule has 0 amide bonds. The number of quaternary nitrogens is 1. The van der Waals surface area contributed by atoms with Crippen molar-refractivity contribution in [3.05, 3.63) is 30.3 Å². The first kappa shape index (κ1) is 14.1. The van der Waals surface area contributed by atoms with Gasteiger partial charge in [0.2, 0.25) is 0 Å². The lowest BCUT2D eigenvalue weighted by Crippen LogP contribution is -2.39. The molecule has 0 spiro atoms. The highest BCUT2D eigenvalue weighted by Crippen LogP contribution is 1.93. The molecule has 0 saturated carbocycles. The summed E-state index contributed by atoms with van der Waals surface area (Å²) in [5.41, 5.74) is 4.79. The molecule has 1 unspecified atom stereocenters. The van der Waals surface area contributed by atoms with E-state index < -0.39 is 24.5 Å². The summed E-state index contributed by atoms with van der Waals surface area (Å²) >= 11 is 0. The van der Waals surface area contributed by atoms with E-state index in [0.717, 1.165) is 5.69 Å². The van der Waals surface area contributed by atoms with E-state index in [1.807, 2.05) is 30.3 Å². The molecule has 0 aliphatic rings. The molecular formula is C10H13NO5. The molecule has 1 atom stereocenters. The summed E-state index contributed by atoms with van der Waals surface area (Å²) in [6.07, 6.45) is -2.72. The lowest BCUT2D eigenvalue weighted by Gasteiger charge is -2.03. The van der Waals surface area contributed by atoms with Crippen LogP contribution in [0.5, 0.6) is 0 Å².